The normalized spacial score (nSPS) is 24.8. The van der Waals surface area contributed by atoms with Crippen molar-refractivity contribution in [2.75, 3.05) is 19.6 Å². The van der Waals surface area contributed by atoms with E-state index in [4.69, 9.17) is 11.6 Å². The second-order valence-corrected chi connectivity index (χ2v) is 8.03. The molecule has 5 nitrogen and oxygen atoms in total. The lowest BCUT2D eigenvalue weighted by Gasteiger charge is -2.26. The van der Waals surface area contributed by atoms with Gasteiger partial charge in [-0.1, -0.05) is 30.7 Å². The molecular formula is C21H22ClN3O2. The van der Waals surface area contributed by atoms with Crippen molar-refractivity contribution in [3.05, 3.63) is 64.9 Å². The zero-order valence-corrected chi connectivity index (χ0v) is 16.0. The molecule has 2 aliphatic rings. The molecule has 2 aromatic rings. The highest BCUT2D eigenvalue weighted by atomic mass is 35.5. The molecule has 0 N–H and O–H groups in total. The number of amides is 2. The lowest BCUT2D eigenvalue weighted by atomic mass is 9.78. The van der Waals surface area contributed by atoms with E-state index in [9.17, 15) is 9.59 Å². The first-order valence-electron chi connectivity index (χ1n) is 9.23. The molecule has 4 rings (SSSR count). The van der Waals surface area contributed by atoms with Gasteiger partial charge in [0.25, 0.3) is 5.91 Å². The Labute approximate surface area is 163 Å². The van der Waals surface area contributed by atoms with Gasteiger partial charge in [0.05, 0.1) is 5.41 Å². The Bertz CT molecular complexity index is 873. The first-order chi connectivity index (χ1) is 13.0. The van der Waals surface area contributed by atoms with Crippen LogP contribution in [0, 0.1) is 11.3 Å². The Morgan fingerprint density at radius 3 is 2.93 bits per heavy atom. The monoisotopic (exact) mass is 383 g/mol. The first kappa shape index (κ1) is 18.0. The van der Waals surface area contributed by atoms with E-state index in [0.717, 1.165) is 18.5 Å². The smallest absolute Gasteiger partial charge is 0.253 e. The SMILES string of the molecule is C[C@@H]1CN(C(=O)c2cccc(Cl)c2)C[C@]12CCN(Cc1cccnc1)C2=O. The van der Waals surface area contributed by atoms with Crippen molar-refractivity contribution < 1.29 is 9.59 Å². The van der Waals surface area contributed by atoms with Crippen molar-refractivity contribution in [2.45, 2.75) is 19.9 Å². The third-order valence-corrected chi connectivity index (χ3v) is 6.14. The summed E-state index contributed by atoms with van der Waals surface area (Å²) in [7, 11) is 0. The van der Waals surface area contributed by atoms with E-state index in [-0.39, 0.29) is 17.7 Å². The maximum Gasteiger partial charge on any atom is 0.253 e. The van der Waals surface area contributed by atoms with Crippen molar-refractivity contribution in [1.29, 1.82) is 0 Å². The Morgan fingerprint density at radius 2 is 2.19 bits per heavy atom. The summed E-state index contributed by atoms with van der Waals surface area (Å²) < 4.78 is 0. The molecule has 1 aromatic carbocycles. The molecule has 6 heteroatoms. The molecule has 0 saturated carbocycles. The number of halogens is 1. The molecule has 2 amide bonds. The standard InChI is InChI=1S/C21H22ClN3O2/c1-15-12-25(19(26)17-5-2-6-18(22)10-17)14-21(15)7-9-24(20(21)27)13-16-4-3-8-23-11-16/h2-6,8,10-11,15H,7,9,12-14H2,1H3/t15-,21-/m1/s1. The fourth-order valence-corrected chi connectivity index (χ4v) is 4.54. The van der Waals surface area contributed by atoms with Crippen LogP contribution in [0.25, 0.3) is 0 Å². The van der Waals surface area contributed by atoms with Crippen LogP contribution in [0.1, 0.15) is 29.3 Å². The largest absolute Gasteiger partial charge is 0.338 e. The van der Waals surface area contributed by atoms with E-state index in [1.165, 1.54) is 0 Å². The summed E-state index contributed by atoms with van der Waals surface area (Å²) in [5, 5.41) is 0.544. The van der Waals surface area contributed by atoms with Crippen LogP contribution < -0.4 is 0 Å². The van der Waals surface area contributed by atoms with Crippen molar-refractivity contribution in [2.24, 2.45) is 11.3 Å². The van der Waals surface area contributed by atoms with Crippen LogP contribution >= 0.6 is 11.6 Å². The van der Waals surface area contributed by atoms with E-state index < -0.39 is 5.41 Å². The van der Waals surface area contributed by atoms with Crippen LogP contribution in [0.4, 0.5) is 0 Å². The van der Waals surface area contributed by atoms with Gasteiger partial charge in [0.2, 0.25) is 5.91 Å². The summed E-state index contributed by atoms with van der Waals surface area (Å²) in [4.78, 5) is 34.0. The number of hydrogen-bond donors (Lipinski definition) is 0. The van der Waals surface area contributed by atoms with Crippen molar-refractivity contribution in [3.8, 4) is 0 Å². The van der Waals surface area contributed by atoms with Crippen molar-refractivity contribution in [3.63, 3.8) is 0 Å². The maximum atomic E-state index is 13.2. The van der Waals surface area contributed by atoms with Crippen LogP contribution in [-0.2, 0) is 11.3 Å². The van der Waals surface area contributed by atoms with Gasteiger partial charge < -0.3 is 9.80 Å². The number of aromatic nitrogens is 1. The van der Waals surface area contributed by atoms with E-state index >= 15 is 0 Å². The zero-order valence-electron chi connectivity index (χ0n) is 15.3. The van der Waals surface area contributed by atoms with Gasteiger partial charge in [-0.15, -0.1) is 0 Å². The molecule has 2 saturated heterocycles. The quantitative estimate of drug-likeness (QED) is 0.817. The van der Waals surface area contributed by atoms with E-state index in [0.29, 0.717) is 30.2 Å². The summed E-state index contributed by atoms with van der Waals surface area (Å²) in [5.74, 6) is 0.229. The Kier molecular flexibility index (Phi) is 4.64. The second kappa shape index (κ2) is 6.97. The average molecular weight is 384 g/mol. The zero-order chi connectivity index (χ0) is 19.0. The number of carbonyl (C=O) groups is 2. The van der Waals surface area contributed by atoms with Crippen LogP contribution in [0.2, 0.25) is 5.02 Å². The topological polar surface area (TPSA) is 53.5 Å². The highest BCUT2D eigenvalue weighted by molar-refractivity contribution is 6.30. The molecule has 3 heterocycles. The van der Waals surface area contributed by atoms with Gasteiger partial charge in [0.15, 0.2) is 0 Å². The minimum Gasteiger partial charge on any atom is -0.338 e. The van der Waals surface area contributed by atoms with E-state index in [1.54, 1.807) is 36.7 Å². The lowest BCUT2D eigenvalue weighted by Crippen LogP contribution is -2.40. The Morgan fingerprint density at radius 1 is 1.33 bits per heavy atom. The van der Waals surface area contributed by atoms with Gasteiger partial charge in [-0.2, -0.15) is 0 Å². The molecule has 0 aliphatic carbocycles. The van der Waals surface area contributed by atoms with Gasteiger partial charge in [-0.05, 0) is 42.2 Å². The number of rotatable bonds is 3. The predicted octanol–water partition coefficient (Wildman–Crippen LogP) is 3.25. The fraction of sp³-hybridized carbons (Fsp3) is 0.381. The van der Waals surface area contributed by atoms with Gasteiger partial charge in [-0.25, -0.2) is 0 Å². The molecule has 2 aliphatic heterocycles. The molecule has 140 valence electrons. The predicted molar refractivity (Wildman–Crippen MR) is 103 cm³/mol. The molecule has 1 aromatic heterocycles. The first-order valence-corrected chi connectivity index (χ1v) is 9.60. The van der Waals surface area contributed by atoms with Crippen LogP contribution in [0.3, 0.4) is 0 Å². The third kappa shape index (κ3) is 3.21. The Balaban J connectivity index is 1.51. The van der Waals surface area contributed by atoms with E-state index in [2.05, 4.69) is 11.9 Å². The lowest BCUT2D eigenvalue weighted by molar-refractivity contribution is -0.137. The second-order valence-electron chi connectivity index (χ2n) is 7.59. The number of benzene rings is 1. The number of carbonyl (C=O) groups excluding carboxylic acids is 2. The number of likely N-dealkylation sites (tertiary alicyclic amines) is 2. The Hall–Kier alpha value is -2.40. The summed E-state index contributed by atoms with van der Waals surface area (Å²) >= 11 is 6.03. The maximum absolute atomic E-state index is 13.2. The minimum atomic E-state index is -0.476. The number of nitrogens with zero attached hydrogens (tertiary/aromatic N) is 3. The molecule has 2 fully saturated rings. The van der Waals surface area contributed by atoms with Crippen LogP contribution in [0.15, 0.2) is 48.8 Å². The molecule has 0 radical (unpaired) electrons. The number of pyridine rings is 1. The van der Waals surface area contributed by atoms with Crippen molar-refractivity contribution >= 4 is 23.4 Å². The molecular weight excluding hydrogens is 362 g/mol. The summed E-state index contributed by atoms with van der Waals surface area (Å²) in [6.45, 7) is 4.44. The van der Waals surface area contributed by atoms with E-state index in [1.807, 2.05) is 21.9 Å². The fourth-order valence-electron chi connectivity index (χ4n) is 4.35. The molecule has 2 atom stereocenters. The minimum absolute atomic E-state index is 0.0558. The van der Waals surface area contributed by atoms with Gasteiger partial charge >= 0.3 is 0 Å². The van der Waals surface area contributed by atoms with Crippen LogP contribution in [-0.4, -0.2) is 46.2 Å². The molecule has 1 spiro atoms. The van der Waals surface area contributed by atoms with Crippen LogP contribution in [0.5, 0.6) is 0 Å². The summed E-state index contributed by atoms with van der Waals surface area (Å²) in [5.41, 5.74) is 1.13. The summed E-state index contributed by atoms with van der Waals surface area (Å²) in [6.07, 6.45) is 4.31. The average Bonchev–Trinajstić information content (AvgIpc) is 3.17. The number of hydrogen-bond acceptors (Lipinski definition) is 3. The third-order valence-electron chi connectivity index (χ3n) is 5.91. The van der Waals surface area contributed by atoms with Crippen molar-refractivity contribution in [1.82, 2.24) is 14.8 Å². The van der Waals surface area contributed by atoms with Gasteiger partial charge in [-0.3, -0.25) is 14.6 Å². The molecule has 27 heavy (non-hydrogen) atoms. The molecule has 0 bridgehead atoms. The van der Waals surface area contributed by atoms with Gasteiger partial charge in [0.1, 0.15) is 0 Å². The highest BCUT2D eigenvalue weighted by Gasteiger charge is 2.55. The summed E-state index contributed by atoms with van der Waals surface area (Å²) in [6, 6.07) is 10.9. The van der Waals surface area contributed by atoms with Gasteiger partial charge in [0, 0.05) is 49.2 Å². The highest BCUT2D eigenvalue weighted by Crippen LogP contribution is 2.45. The molecule has 0 unspecified atom stereocenters.